The lowest BCUT2D eigenvalue weighted by molar-refractivity contribution is 0.259. The van der Waals surface area contributed by atoms with Crippen LogP contribution in [0.4, 0.5) is 0 Å². The van der Waals surface area contributed by atoms with Crippen LogP contribution in [0, 0.1) is 0 Å². The predicted molar refractivity (Wildman–Crippen MR) is 40.6 cm³/mol. The third-order valence-electron chi connectivity index (χ3n) is 1.26. The van der Waals surface area contributed by atoms with Crippen LogP contribution >= 0.6 is 0 Å². The fraction of sp³-hybridized carbons (Fsp3) is 0.625. The highest BCUT2D eigenvalue weighted by atomic mass is 16.5. The molecule has 0 rings (SSSR count). The highest BCUT2D eigenvalue weighted by molar-refractivity contribution is 4.87. The number of ether oxygens (including phenoxy) is 1. The van der Waals surface area contributed by atoms with Crippen LogP contribution in [0.1, 0.15) is 19.3 Å². The summed E-state index contributed by atoms with van der Waals surface area (Å²) in [5.74, 6) is 0.772. The van der Waals surface area contributed by atoms with E-state index in [0.29, 0.717) is 0 Å². The van der Waals surface area contributed by atoms with Gasteiger partial charge in [-0.05, 0) is 12.8 Å². The quantitative estimate of drug-likeness (QED) is 0.358. The Bertz CT molecular complexity index is 123. The van der Waals surface area contributed by atoms with Gasteiger partial charge in [-0.2, -0.15) is 0 Å². The molecule has 0 heterocycles. The molecule has 2 heteroatoms. The summed E-state index contributed by atoms with van der Waals surface area (Å²) in [4.78, 5) is 0. The first-order valence-corrected chi connectivity index (χ1v) is 3.39. The maximum atomic E-state index is 8.44. The SMILES string of the molecule is C=C=C(CCCCO)OC. The Balaban J connectivity index is 3.37. The van der Waals surface area contributed by atoms with E-state index in [1.807, 2.05) is 0 Å². The molecule has 0 aliphatic carbocycles. The van der Waals surface area contributed by atoms with Gasteiger partial charge in [-0.15, -0.1) is 0 Å². The fourth-order valence-electron chi connectivity index (χ4n) is 0.660. The summed E-state index contributed by atoms with van der Waals surface area (Å²) >= 11 is 0. The van der Waals surface area contributed by atoms with Crippen LogP contribution in [0.15, 0.2) is 18.1 Å². The van der Waals surface area contributed by atoms with Gasteiger partial charge in [0, 0.05) is 13.0 Å². The number of methoxy groups -OCH3 is 1. The van der Waals surface area contributed by atoms with Gasteiger partial charge in [-0.3, -0.25) is 0 Å². The number of hydrogen-bond acceptors (Lipinski definition) is 2. The topological polar surface area (TPSA) is 29.5 Å². The highest BCUT2D eigenvalue weighted by Gasteiger charge is 1.92. The van der Waals surface area contributed by atoms with Crippen molar-refractivity contribution < 1.29 is 9.84 Å². The first-order chi connectivity index (χ1) is 4.85. The van der Waals surface area contributed by atoms with E-state index in [0.717, 1.165) is 25.0 Å². The second-order valence-electron chi connectivity index (χ2n) is 1.98. The van der Waals surface area contributed by atoms with Gasteiger partial charge in [0.2, 0.25) is 0 Å². The van der Waals surface area contributed by atoms with E-state index in [2.05, 4.69) is 12.3 Å². The molecule has 0 saturated carbocycles. The first kappa shape index (κ1) is 9.28. The third kappa shape index (κ3) is 4.19. The van der Waals surface area contributed by atoms with Crippen molar-refractivity contribution in [3.05, 3.63) is 18.1 Å². The summed E-state index contributed by atoms with van der Waals surface area (Å²) in [6, 6.07) is 0. The molecule has 0 spiro atoms. The second-order valence-corrected chi connectivity index (χ2v) is 1.98. The minimum atomic E-state index is 0.244. The van der Waals surface area contributed by atoms with Gasteiger partial charge in [-0.25, -0.2) is 0 Å². The van der Waals surface area contributed by atoms with Crippen LogP contribution in [-0.4, -0.2) is 18.8 Å². The van der Waals surface area contributed by atoms with E-state index in [4.69, 9.17) is 9.84 Å². The Morgan fingerprint density at radius 1 is 1.60 bits per heavy atom. The van der Waals surface area contributed by atoms with Crippen molar-refractivity contribution in [1.82, 2.24) is 0 Å². The third-order valence-corrected chi connectivity index (χ3v) is 1.26. The van der Waals surface area contributed by atoms with Gasteiger partial charge in [0.15, 0.2) is 0 Å². The fourth-order valence-corrected chi connectivity index (χ4v) is 0.660. The molecule has 1 N–H and O–H groups in total. The minimum absolute atomic E-state index is 0.244. The molecule has 0 aliphatic heterocycles. The second kappa shape index (κ2) is 6.40. The van der Waals surface area contributed by atoms with Crippen LogP contribution in [-0.2, 0) is 4.74 Å². The van der Waals surface area contributed by atoms with Gasteiger partial charge in [-0.1, -0.05) is 12.3 Å². The number of allylic oxidation sites excluding steroid dienone is 1. The van der Waals surface area contributed by atoms with Crippen molar-refractivity contribution >= 4 is 0 Å². The molecule has 0 atom stereocenters. The van der Waals surface area contributed by atoms with Crippen molar-refractivity contribution in [1.29, 1.82) is 0 Å². The van der Waals surface area contributed by atoms with Crippen molar-refractivity contribution in [2.45, 2.75) is 19.3 Å². The maximum Gasteiger partial charge on any atom is 0.137 e. The molecular formula is C8H14O2. The number of rotatable bonds is 5. The zero-order valence-corrected chi connectivity index (χ0v) is 6.39. The van der Waals surface area contributed by atoms with Crippen molar-refractivity contribution in [2.75, 3.05) is 13.7 Å². The van der Waals surface area contributed by atoms with Crippen LogP contribution in [0.5, 0.6) is 0 Å². The van der Waals surface area contributed by atoms with E-state index in [1.54, 1.807) is 7.11 Å². The summed E-state index contributed by atoms with van der Waals surface area (Å²) in [6.07, 6.45) is 2.57. The van der Waals surface area contributed by atoms with Crippen molar-refractivity contribution in [3.8, 4) is 0 Å². The number of aliphatic hydroxyl groups excluding tert-OH is 1. The molecule has 0 bridgehead atoms. The molecular weight excluding hydrogens is 128 g/mol. The molecule has 0 amide bonds. The van der Waals surface area contributed by atoms with Crippen LogP contribution in [0.3, 0.4) is 0 Å². The molecule has 0 saturated heterocycles. The largest absolute Gasteiger partial charge is 0.493 e. The highest BCUT2D eigenvalue weighted by Crippen LogP contribution is 2.04. The summed E-state index contributed by atoms with van der Waals surface area (Å²) in [5, 5.41) is 8.44. The zero-order chi connectivity index (χ0) is 7.82. The molecule has 0 radical (unpaired) electrons. The van der Waals surface area contributed by atoms with Crippen LogP contribution < -0.4 is 0 Å². The summed E-state index contributed by atoms with van der Waals surface area (Å²) in [7, 11) is 1.60. The lowest BCUT2D eigenvalue weighted by atomic mass is 10.2. The van der Waals surface area contributed by atoms with E-state index < -0.39 is 0 Å². The lowest BCUT2D eigenvalue weighted by Gasteiger charge is -2.00. The maximum absolute atomic E-state index is 8.44. The average Bonchev–Trinajstić information content (AvgIpc) is 1.99. The first-order valence-electron chi connectivity index (χ1n) is 3.39. The van der Waals surface area contributed by atoms with Gasteiger partial charge >= 0.3 is 0 Å². The molecule has 0 fully saturated rings. The predicted octanol–water partition coefficient (Wildman–Crippen LogP) is 1.46. The Labute approximate surface area is 61.8 Å². The van der Waals surface area contributed by atoms with Gasteiger partial charge in [0.05, 0.1) is 7.11 Å². The standard InChI is InChI=1S/C8H14O2/c1-3-8(10-2)6-4-5-7-9/h9H,1,4-7H2,2H3. The van der Waals surface area contributed by atoms with Crippen molar-refractivity contribution in [3.63, 3.8) is 0 Å². The minimum Gasteiger partial charge on any atom is -0.493 e. The Morgan fingerprint density at radius 3 is 2.70 bits per heavy atom. The van der Waals surface area contributed by atoms with E-state index >= 15 is 0 Å². The molecule has 0 aromatic carbocycles. The van der Waals surface area contributed by atoms with Crippen LogP contribution in [0.2, 0.25) is 0 Å². The normalized spacial score (nSPS) is 8.60. The summed E-state index contributed by atoms with van der Waals surface area (Å²) < 4.78 is 4.91. The van der Waals surface area contributed by atoms with E-state index in [1.165, 1.54) is 0 Å². The Hall–Kier alpha value is -0.720. The molecule has 58 valence electrons. The van der Waals surface area contributed by atoms with Gasteiger partial charge in [0.1, 0.15) is 5.76 Å². The summed E-state index contributed by atoms with van der Waals surface area (Å²) in [6.45, 7) is 3.71. The zero-order valence-electron chi connectivity index (χ0n) is 6.39. The Kier molecular flexibility index (Phi) is 5.94. The number of hydrogen-bond donors (Lipinski definition) is 1. The monoisotopic (exact) mass is 142 g/mol. The molecule has 2 nitrogen and oxygen atoms in total. The molecule has 10 heavy (non-hydrogen) atoms. The van der Waals surface area contributed by atoms with Crippen LogP contribution in [0.25, 0.3) is 0 Å². The van der Waals surface area contributed by atoms with Gasteiger partial charge in [0.25, 0.3) is 0 Å². The average molecular weight is 142 g/mol. The van der Waals surface area contributed by atoms with E-state index in [-0.39, 0.29) is 6.61 Å². The van der Waals surface area contributed by atoms with Gasteiger partial charge < -0.3 is 9.84 Å². The number of unbranched alkanes of at least 4 members (excludes halogenated alkanes) is 1. The molecule has 0 aliphatic rings. The molecule has 0 unspecified atom stereocenters. The Morgan fingerprint density at radius 2 is 2.30 bits per heavy atom. The molecule has 0 aromatic heterocycles. The lowest BCUT2D eigenvalue weighted by Crippen LogP contribution is -1.87. The number of aliphatic hydroxyl groups is 1. The molecule has 0 aromatic rings. The summed E-state index contributed by atoms with van der Waals surface area (Å²) in [5.41, 5.74) is 2.67. The van der Waals surface area contributed by atoms with Crippen molar-refractivity contribution in [2.24, 2.45) is 0 Å². The van der Waals surface area contributed by atoms with E-state index in [9.17, 15) is 0 Å². The smallest absolute Gasteiger partial charge is 0.137 e.